The van der Waals surface area contributed by atoms with Crippen LogP contribution in [0.15, 0.2) is 24.4 Å². The van der Waals surface area contributed by atoms with Crippen molar-refractivity contribution in [2.45, 2.75) is 44.6 Å². The van der Waals surface area contributed by atoms with Crippen molar-refractivity contribution in [3.8, 4) is 0 Å². The first kappa shape index (κ1) is 11.1. The highest BCUT2D eigenvalue weighted by Crippen LogP contribution is 2.13. The summed E-state index contributed by atoms with van der Waals surface area (Å²) < 4.78 is 0. The molecule has 2 rings (SSSR count). The molecule has 0 aromatic carbocycles. The van der Waals surface area contributed by atoms with Gasteiger partial charge in [-0.15, -0.1) is 0 Å². The Morgan fingerprint density at radius 1 is 1.38 bits per heavy atom. The molecule has 1 fully saturated rings. The van der Waals surface area contributed by atoms with Crippen LogP contribution in [0.5, 0.6) is 0 Å². The molecule has 3 nitrogen and oxygen atoms in total. The van der Waals surface area contributed by atoms with Gasteiger partial charge in [0.25, 0.3) is 0 Å². The van der Waals surface area contributed by atoms with E-state index in [9.17, 15) is 0 Å². The minimum Gasteiger partial charge on any atom is -0.371 e. The first-order valence-electron chi connectivity index (χ1n) is 6.08. The van der Waals surface area contributed by atoms with Crippen LogP contribution in [0.25, 0.3) is 0 Å². The number of amidine groups is 1. The number of nitrogens with one attached hydrogen (secondary N) is 2. The maximum absolute atomic E-state index is 7.72. The maximum Gasteiger partial charge on any atom is 0.0933 e. The number of aromatic nitrogens is 1. The van der Waals surface area contributed by atoms with E-state index >= 15 is 0 Å². The summed E-state index contributed by atoms with van der Waals surface area (Å²) >= 11 is 0. The topological polar surface area (TPSA) is 48.8 Å². The molecule has 0 radical (unpaired) electrons. The molecule has 86 valence electrons. The van der Waals surface area contributed by atoms with E-state index < -0.39 is 0 Å². The summed E-state index contributed by atoms with van der Waals surface area (Å²) in [6.07, 6.45) is 8.44. The molecule has 2 N–H and O–H groups in total. The lowest BCUT2D eigenvalue weighted by Gasteiger charge is -2.16. The maximum atomic E-state index is 7.72. The Labute approximate surface area is 96.8 Å². The van der Waals surface area contributed by atoms with Gasteiger partial charge in [0.05, 0.1) is 5.84 Å². The molecule has 1 aliphatic heterocycles. The first-order valence-corrected chi connectivity index (χ1v) is 6.08. The predicted octanol–water partition coefficient (Wildman–Crippen LogP) is 2.52. The normalized spacial score (nSPS) is 21.2. The summed E-state index contributed by atoms with van der Waals surface area (Å²) in [5, 5.41) is 11.0. The zero-order valence-corrected chi connectivity index (χ0v) is 9.58. The highest BCUT2D eigenvalue weighted by molar-refractivity contribution is 5.79. The fourth-order valence-corrected chi connectivity index (χ4v) is 2.17. The highest BCUT2D eigenvalue weighted by atomic mass is 15.0. The van der Waals surface area contributed by atoms with Crippen LogP contribution in [0.2, 0.25) is 0 Å². The summed E-state index contributed by atoms with van der Waals surface area (Å²) in [4.78, 5) is 4.32. The molecule has 1 aromatic heterocycles. The Kier molecular flexibility index (Phi) is 3.91. The van der Waals surface area contributed by atoms with Gasteiger partial charge in [0.15, 0.2) is 0 Å². The molecule has 3 heteroatoms. The van der Waals surface area contributed by atoms with Crippen LogP contribution in [-0.4, -0.2) is 16.9 Å². The number of rotatable bonds is 3. The quantitative estimate of drug-likeness (QED) is 0.817. The molecule has 16 heavy (non-hydrogen) atoms. The van der Waals surface area contributed by atoms with Gasteiger partial charge in [0.2, 0.25) is 0 Å². The van der Waals surface area contributed by atoms with Crippen molar-refractivity contribution >= 4 is 5.84 Å². The van der Waals surface area contributed by atoms with Crippen molar-refractivity contribution < 1.29 is 0 Å². The summed E-state index contributed by atoms with van der Waals surface area (Å²) in [6.45, 7) is 0. The van der Waals surface area contributed by atoms with Gasteiger partial charge >= 0.3 is 0 Å². The fraction of sp³-hybridized carbons (Fsp3) is 0.538. The third-order valence-electron chi connectivity index (χ3n) is 3.08. The SMILES string of the molecule is N=C1CCCCC(CCc2ccccn2)N1. The highest BCUT2D eigenvalue weighted by Gasteiger charge is 2.13. The fourth-order valence-electron chi connectivity index (χ4n) is 2.17. The Morgan fingerprint density at radius 2 is 2.31 bits per heavy atom. The van der Waals surface area contributed by atoms with E-state index in [1.54, 1.807) is 0 Å². The zero-order chi connectivity index (χ0) is 11.2. The van der Waals surface area contributed by atoms with Crippen LogP contribution in [-0.2, 0) is 6.42 Å². The Bertz CT molecular complexity index is 334. The number of aryl methyl sites for hydroxylation is 1. The minimum atomic E-state index is 0.469. The Balaban J connectivity index is 1.83. The van der Waals surface area contributed by atoms with Crippen molar-refractivity contribution in [2.24, 2.45) is 0 Å². The minimum absolute atomic E-state index is 0.469. The molecule has 0 aliphatic carbocycles. The van der Waals surface area contributed by atoms with E-state index in [4.69, 9.17) is 5.41 Å². The second kappa shape index (κ2) is 5.64. The molecular weight excluding hydrogens is 198 g/mol. The standard InChI is InChI=1S/C13H19N3/c14-13-7-2-1-6-12(16-13)9-8-11-5-3-4-10-15-11/h3-5,10,12H,1-2,6-9H2,(H2,14,16). The summed E-state index contributed by atoms with van der Waals surface area (Å²) in [5.74, 6) is 0.712. The number of hydrogen-bond acceptors (Lipinski definition) is 2. The monoisotopic (exact) mass is 217 g/mol. The molecule has 2 heterocycles. The zero-order valence-electron chi connectivity index (χ0n) is 9.58. The van der Waals surface area contributed by atoms with Gasteiger partial charge in [-0.3, -0.25) is 10.4 Å². The van der Waals surface area contributed by atoms with Crippen LogP contribution in [0.3, 0.4) is 0 Å². The smallest absolute Gasteiger partial charge is 0.0933 e. The van der Waals surface area contributed by atoms with E-state index in [0.717, 1.165) is 31.4 Å². The van der Waals surface area contributed by atoms with Gasteiger partial charge in [0.1, 0.15) is 0 Å². The predicted molar refractivity (Wildman–Crippen MR) is 65.7 cm³/mol. The second-order valence-corrected chi connectivity index (χ2v) is 4.43. The van der Waals surface area contributed by atoms with E-state index in [2.05, 4.69) is 16.4 Å². The lowest BCUT2D eigenvalue weighted by Crippen LogP contribution is -2.32. The number of hydrogen-bond donors (Lipinski definition) is 2. The molecule has 0 spiro atoms. The van der Waals surface area contributed by atoms with Crippen LogP contribution in [0.1, 0.15) is 37.8 Å². The van der Waals surface area contributed by atoms with E-state index in [1.165, 1.54) is 12.8 Å². The van der Waals surface area contributed by atoms with Crippen molar-refractivity contribution in [3.05, 3.63) is 30.1 Å². The third-order valence-corrected chi connectivity index (χ3v) is 3.08. The lowest BCUT2D eigenvalue weighted by atomic mass is 10.0. The Hall–Kier alpha value is -1.38. The van der Waals surface area contributed by atoms with Crippen LogP contribution in [0, 0.1) is 5.41 Å². The first-order chi connectivity index (χ1) is 7.84. The van der Waals surface area contributed by atoms with Crippen molar-refractivity contribution in [1.29, 1.82) is 5.41 Å². The Morgan fingerprint density at radius 3 is 3.12 bits per heavy atom. The van der Waals surface area contributed by atoms with Gasteiger partial charge in [-0.25, -0.2) is 0 Å². The molecule has 1 saturated heterocycles. The second-order valence-electron chi connectivity index (χ2n) is 4.43. The van der Waals surface area contributed by atoms with Gasteiger partial charge in [-0.05, 0) is 37.8 Å². The van der Waals surface area contributed by atoms with E-state index in [0.29, 0.717) is 11.9 Å². The van der Waals surface area contributed by atoms with Crippen molar-refractivity contribution in [3.63, 3.8) is 0 Å². The van der Waals surface area contributed by atoms with Gasteiger partial charge in [0, 0.05) is 24.4 Å². The molecule has 1 aromatic rings. The van der Waals surface area contributed by atoms with Crippen LogP contribution in [0.4, 0.5) is 0 Å². The molecule has 1 atom stereocenters. The summed E-state index contributed by atoms with van der Waals surface area (Å²) in [5.41, 5.74) is 1.15. The van der Waals surface area contributed by atoms with E-state index in [1.807, 2.05) is 18.3 Å². The van der Waals surface area contributed by atoms with Crippen LogP contribution < -0.4 is 5.32 Å². The third kappa shape index (κ3) is 3.33. The molecule has 0 amide bonds. The average Bonchev–Trinajstić information content (AvgIpc) is 2.52. The van der Waals surface area contributed by atoms with E-state index in [-0.39, 0.29) is 0 Å². The van der Waals surface area contributed by atoms with Gasteiger partial charge in [-0.1, -0.05) is 12.5 Å². The average molecular weight is 217 g/mol. The molecule has 0 saturated carbocycles. The molecular formula is C13H19N3. The number of pyridine rings is 1. The molecule has 1 unspecified atom stereocenters. The van der Waals surface area contributed by atoms with Crippen LogP contribution >= 0.6 is 0 Å². The molecule has 1 aliphatic rings. The van der Waals surface area contributed by atoms with Gasteiger partial charge in [-0.2, -0.15) is 0 Å². The largest absolute Gasteiger partial charge is 0.371 e. The molecule has 0 bridgehead atoms. The lowest BCUT2D eigenvalue weighted by molar-refractivity contribution is 0.513. The van der Waals surface area contributed by atoms with Crippen molar-refractivity contribution in [2.75, 3.05) is 0 Å². The van der Waals surface area contributed by atoms with Gasteiger partial charge < -0.3 is 5.32 Å². The number of nitrogens with zero attached hydrogens (tertiary/aromatic N) is 1. The summed E-state index contributed by atoms with van der Waals surface area (Å²) in [6, 6.07) is 6.52. The van der Waals surface area contributed by atoms with Crippen molar-refractivity contribution in [1.82, 2.24) is 10.3 Å². The summed E-state index contributed by atoms with van der Waals surface area (Å²) in [7, 11) is 0.